The summed E-state index contributed by atoms with van der Waals surface area (Å²) >= 11 is 4.50. The van der Waals surface area contributed by atoms with Crippen LogP contribution in [-0.4, -0.2) is 14.3 Å². The zero-order valence-electron chi connectivity index (χ0n) is 7.98. The van der Waals surface area contributed by atoms with Crippen molar-refractivity contribution in [2.75, 3.05) is 0 Å². The van der Waals surface area contributed by atoms with Gasteiger partial charge < -0.3 is 4.74 Å². The number of ether oxygens (including phenoxy) is 1. The largest absolute Gasteiger partial charge is 0.428 e. The van der Waals surface area contributed by atoms with E-state index in [0.29, 0.717) is 10.9 Å². The smallest absolute Gasteiger partial charge is 0.298 e. The highest BCUT2D eigenvalue weighted by Gasteiger charge is 2.04. The second kappa shape index (κ2) is 4.67. The molecule has 78 valence electrons. The molecule has 0 amide bonds. The Bertz CT molecular complexity index is 443. The summed E-state index contributed by atoms with van der Waals surface area (Å²) in [5.41, 5.74) is 0. The van der Waals surface area contributed by atoms with E-state index >= 15 is 0 Å². The van der Waals surface area contributed by atoms with Crippen molar-refractivity contribution in [1.29, 1.82) is 0 Å². The van der Waals surface area contributed by atoms with Crippen molar-refractivity contribution in [3.8, 4) is 10.9 Å². The number of pyridine rings is 1. The van der Waals surface area contributed by atoms with E-state index in [0.717, 1.165) is 16.8 Å². The van der Waals surface area contributed by atoms with Crippen molar-refractivity contribution >= 4 is 27.5 Å². The molecule has 2 rings (SSSR count). The fourth-order valence-corrected chi connectivity index (χ4v) is 1.81. The van der Waals surface area contributed by atoms with Gasteiger partial charge in [-0.15, -0.1) is 0 Å². The molecule has 2 heterocycles. The molecule has 0 N–H and O–H groups in total. The van der Waals surface area contributed by atoms with E-state index in [9.17, 15) is 0 Å². The summed E-state index contributed by atoms with van der Waals surface area (Å²) in [6.07, 6.45) is 2.45. The predicted octanol–water partition coefficient (Wildman–Crippen LogP) is 3.05. The minimum Gasteiger partial charge on any atom is -0.428 e. The van der Waals surface area contributed by atoms with Crippen molar-refractivity contribution in [2.45, 2.75) is 13.3 Å². The Morgan fingerprint density at radius 2 is 2.33 bits per heavy atom. The van der Waals surface area contributed by atoms with Gasteiger partial charge in [-0.05, 0) is 28.1 Å². The number of hydrogen-bond donors (Lipinski definition) is 0. The summed E-state index contributed by atoms with van der Waals surface area (Å²) in [6.45, 7) is 2.01. The third kappa shape index (κ3) is 2.73. The van der Waals surface area contributed by atoms with E-state index in [4.69, 9.17) is 4.74 Å². The van der Waals surface area contributed by atoms with E-state index in [1.807, 2.05) is 19.1 Å². The van der Waals surface area contributed by atoms with Crippen LogP contribution in [0.3, 0.4) is 0 Å². The molecule has 0 saturated heterocycles. The van der Waals surface area contributed by atoms with Gasteiger partial charge in [-0.25, -0.2) is 4.98 Å². The molecule has 0 aliphatic carbocycles. The first-order chi connectivity index (χ1) is 7.28. The minimum atomic E-state index is 0.552. The number of nitrogens with zero attached hydrogens (tertiary/aromatic N) is 3. The monoisotopic (exact) mass is 285 g/mol. The van der Waals surface area contributed by atoms with Crippen LogP contribution in [0.5, 0.6) is 10.9 Å². The van der Waals surface area contributed by atoms with Crippen LogP contribution >= 0.6 is 27.5 Å². The number of halogens is 1. The maximum atomic E-state index is 5.48. The molecule has 4 nitrogen and oxygen atoms in total. The molecule has 0 aromatic carbocycles. The zero-order valence-corrected chi connectivity index (χ0v) is 10.4. The lowest BCUT2D eigenvalue weighted by molar-refractivity contribution is 0.474. The fourth-order valence-electron chi connectivity index (χ4n) is 0.946. The van der Waals surface area contributed by atoms with Crippen LogP contribution in [0.4, 0.5) is 0 Å². The number of rotatable bonds is 3. The highest BCUT2D eigenvalue weighted by Crippen LogP contribution is 2.23. The predicted molar refractivity (Wildman–Crippen MR) is 61.3 cm³/mol. The summed E-state index contributed by atoms with van der Waals surface area (Å²) in [7, 11) is 0. The molecule has 0 fully saturated rings. The molecular formula is C9H8BrN3OS. The van der Waals surface area contributed by atoms with Gasteiger partial charge in [0.15, 0.2) is 0 Å². The second-order valence-electron chi connectivity index (χ2n) is 2.75. The van der Waals surface area contributed by atoms with Crippen molar-refractivity contribution in [2.24, 2.45) is 0 Å². The summed E-state index contributed by atoms with van der Waals surface area (Å²) < 4.78 is 10.4. The van der Waals surface area contributed by atoms with E-state index in [1.165, 1.54) is 11.5 Å². The first-order valence-electron chi connectivity index (χ1n) is 4.40. The SMILES string of the molecule is CCc1nsc(Oc2ccc(Br)nc2)n1. The van der Waals surface area contributed by atoms with Gasteiger partial charge in [0.2, 0.25) is 0 Å². The van der Waals surface area contributed by atoms with Gasteiger partial charge in [0.25, 0.3) is 5.19 Å². The minimum absolute atomic E-state index is 0.552. The van der Waals surface area contributed by atoms with E-state index in [-0.39, 0.29) is 0 Å². The van der Waals surface area contributed by atoms with Crippen LogP contribution < -0.4 is 4.74 Å². The fraction of sp³-hybridized carbons (Fsp3) is 0.222. The summed E-state index contributed by atoms with van der Waals surface area (Å²) in [6, 6.07) is 3.64. The van der Waals surface area contributed by atoms with E-state index < -0.39 is 0 Å². The lowest BCUT2D eigenvalue weighted by Gasteiger charge is -1.99. The van der Waals surface area contributed by atoms with E-state index in [2.05, 4.69) is 30.3 Å². The van der Waals surface area contributed by atoms with Gasteiger partial charge in [0.1, 0.15) is 16.2 Å². The van der Waals surface area contributed by atoms with Gasteiger partial charge >= 0.3 is 0 Å². The van der Waals surface area contributed by atoms with Crippen LogP contribution in [0.25, 0.3) is 0 Å². The third-order valence-corrected chi connectivity index (χ3v) is 2.77. The maximum Gasteiger partial charge on any atom is 0.298 e. The number of aromatic nitrogens is 3. The van der Waals surface area contributed by atoms with Crippen molar-refractivity contribution < 1.29 is 4.74 Å². The Morgan fingerprint density at radius 1 is 1.47 bits per heavy atom. The Balaban J connectivity index is 2.11. The average molecular weight is 286 g/mol. The summed E-state index contributed by atoms with van der Waals surface area (Å²) in [5, 5.41) is 0.552. The van der Waals surface area contributed by atoms with Crippen LogP contribution in [0, 0.1) is 0 Å². The molecule has 0 aliphatic rings. The summed E-state index contributed by atoms with van der Waals surface area (Å²) in [4.78, 5) is 8.24. The first-order valence-corrected chi connectivity index (χ1v) is 5.96. The molecule has 0 bridgehead atoms. The number of hydrogen-bond acceptors (Lipinski definition) is 5. The third-order valence-electron chi connectivity index (χ3n) is 1.67. The van der Waals surface area contributed by atoms with Gasteiger partial charge in [0, 0.05) is 18.0 Å². The summed E-state index contributed by atoms with van der Waals surface area (Å²) in [5.74, 6) is 1.47. The average Bonchev–Trinajstić information content (AvgIpc) is 2.69. The molecule has 0 unspecified atom stereocenters. The lowest BCUT2D eigenvalue weighted by Crippen LogP contribution is -1.86. The number of aryl methyl sites for hydroxylation is 1. The Labute approximate surface area is 99.6 Å². The molecular weight excluding hydrogens is 278 g/mol. The van der Waals surface area contributed by atoms with Crippen molar-refractivity contribution in [3.05, 3.63) is 28.8 Å². The molecule has 2 aromatic heterocycles. The maximum absolute atomic E-state index is 5.48. The topological polar surface area (TPSA) is 47.9 Å². The lowest BCUT2D eigenvalue weighted by atomic mass is 10.5. The molecule has 0 aliphatic heterocycles. The van der Waals surface area contributed by atoms with Gasteiger partial charge in [-0.1, -0.05) is 6.92 Å². The van der Waals surface area contributed by atoms with Crippen LogP contribution in [0.1, 0.15) is 12.7 Å². The zero-order chi connectivity index (χ0) is 10.7. The molecule has 0 spiro atoms. The molecule has 0 radical (unpaired) electrons. The Kier molecular flexibility index (Phi) is 3.27. The Hall–Kier alpha value is -1.01. The van der Waals surface area contributed by atoms with Gasteiger partial charge in [-0.3, -0.25) is 0 Å². The molecule has 0 saturated carbocycles. The second-order valence-corrected chi connectivity index (χ2v) is 4.28. The standard InChI is InChI=1S/C9H8BrN3OS/c1-2-8-12-9(15-13-8)14-6-3-4-7(10)11-5-6/h3-5H,2H2,1H3. The quantitative estimate of drug-likeness (QED) is 0.814. The van der Waals surface area contributed by atoms with Crippen molar-refractivity contribution in [3.63, 3.8) is 0 Å². The van der Waals surface area contributed by atoms with Crippen LogP contribution in [0.2, 0.25) is 0 Å². The highest BCUT2D eigenvalue weighted by molar-refractivity contribution is 9.10. The van der Waals surface area contributed by atoms with E-state index in [1.54, 1.807) is 6.20 Å². The normalized spacial score (nSPS) is 10.3. The first kappa shape index (κ1) is 10.5. The van der Waals surface area contributed by atoms with Gasteiger partial charge in [0.05, 0.1) is 6.20 Å². The highest BCUT2D eigenvalue weighted by atomic mass is 79.9. The van der Waals surface area contributed by atoms with Crippen LogP contribution in [0.15, 0.2) is 22.9 Å². The van der Waals surface area contributed by atoms with Crippen LogP contribution in [-0.2, 0) is 6.42 Å². The van der Waals surface area contributed by atoms with Crippen molar-refractivity contribution in [1.82, 2.24) is 14.3 Å². The van der Waals surface area contributed by atoms with Gasteiger partial charge in [-0.2, -0.15) is 9.36 Å². The molecule has 2 aromatic rings. The Morgan fingerprint density at radius 3 is 2.93 bits per heavy atom. The molecule has 6 heteroatoms. The molecule has 0 atom stereocenters. The molecule has 15 heavy (non-hydrogen) atoms.